The van der Waals surface area contributed by atoms with E-state index in [4.69, 9.17) is 24.2 Å². The first-order chi connectivity index (χ1) is 25.2. The minimum Gasteiger partial charge on any atom is -0.496 e. The number of pyridine rings is 2. The molecular formula is C43H47N5O4. The molecule has 9 heteroatoms. The minimum atomic E-state index is -0.673. The molecule has 9 nitrogen and oxygen atoms in total. The van der Waals surface area contributed by atoms with Gasteiger partial charge in [-0.05, 0) is 56.2 Å². The lowest BCUT2D eigenvalue weighted by Crippen LogP contribution is -2.43. The topological polar surface area (TPSA) is 97.8 Å². The van der Waals surface area contributed by atoms with Gasteiger partial charge in [-0.25, -0.2) is 14.8 Å². The largest absolute Gasteiger partial charge is 0.496 e. The smallest absolute Gasteiger partial charge is 0.410 e. The standard InChI is InChI=1S/C43H47N5O4/c1-43(2,3)52-42(49)48(28-32(30-16-8-6-9-17-30)26-44-40-24-38(50-4)34-20-12-14-22-36(34)46-40)29-33(31-18-10-7-11-19-31)27-45-41-25-39(51-5)35-21-13-15-23-37(35)47-41/h6-25,32-33H,26-29H2,1-5H3,(H,44,46)(H,45,47). The van der Waals surface area contributed by atoms with Crippen molar-refractivity contribution < 1.29 is 19.0 Å². The highest BCUT2D eigenvalue weighted by molar-refractivity contribution is 5.87. The van der Waals surface area contributed by atoms with E-state index in [1.165, 1.54) is 0 Å². The molecule has 1 amide bonds. The maximum atomic E-state index is 14.1. The van der Waals surface area contributed by atoms with Gasteiger partial charge in [-0.3, -0.25) is 0 Å². The third-order valence-electron chi connectivity index (χ3n) is 8.93. The highest BCUT2D eigenvalue weighted by Gasteiger charge is 2.29. The number of methoxy groups -OCH3 is 2. The Bertz CT molecular complexity index is 1950. The summed E-state index contributed by atoms with van der Waals surface area (Å²) in [5, 5.41) is 9.01. The van der Waals surface area contributed by atoms with E-state index in [0.29, 0.717) is 37.8 Å². The maximum Gasteiger partial charge on any atom is 0.410 e. The molecule has 0 bridgehead atoms. The van der Waals surface area contributed by atoms with Gasteiger partial charge in [0.25, 0.3) is 0 Å². The van der Waals surface area contributed by atoms with E-state index in [0.717, 1.165) is 44.4 Å². The molecule has 2 aromatic heterocycles. The van der Waals surface area contributed by atoms with Crippen LogP contribution in [0, 0.1) is 0 Å². The zero-order chi connectivity index (χ0) is 36.5. The highest BCUT2D eigenvalue weighted by atomic mass is 16.6. The first-order valence-electron chi connectivity index (χ1n) is 17.6. The Morgan fingerprint density at radius 2 is 1.04 bits per heavy atom. The summed E-state index contributed by atoms with van der Waals surface area (Å²) in [7, 11) is 3.34. The number of amides is 1. The molecule has 268 valence electrons. The number of carbonyl (C=O) groups is 1. The van der Waals surface area contributed by atoms with E-state index in [-0.39, 0.29) is 17.9 Å². The Morgan fingerprint density at radius 1 is 0.635 bits per heavy atom. The summed E-state index contributed by atoms with van der Waals surface area (Å²) >= 11 is 0. The number of aromatic nitrogens is 2. The van der Waals surface area contributed by atoms with Crippen molar-refractivity contribution >= 4 is 39.5 Å². The molecule has 0 saturated heterocycles. The number of ether oxygens (including phenoxy) is 3. The van der Waals surface area contributed by atoms with Crippen molar-refractivity contribution in [3.8, 4) is 11.5 Å². The molecule has 0 spiro atoms. The Labute approximate surface area is 306 Å². The minimum absolute atomic E-state index is 0.0937. The number of fused-ring (bicyclic) bond motifs is 2. The van der Waals surface area contributed by atoms with Crippen LogP contribution in [0.5, 0.6) is 11.5 Å². The van der Waals surface area contributed by atoms with E-state index in [1.54, 1.807) is 14.2 Å². The SMILES string of the molecule is COc1cc(NCC(CN(CC(CNc2cc(OC)c3ccccc3n2)c2ccccc2)C(=O)OC(C)(C)C)c2ccccc2)nc2ccccc12. The molecule has 6 rings (SSSR count). The summed E-state index contributed by atoms with van der Waals surface area (Å²) in [4.78, 5) is 25.7. The monoisotopic (exact) mass is 697 g/mol. The fraction of sp³-hybridized carbons (Fsp3) is 0.279. The number of para-hydroxylation sites is 2. The van der Waals surface area contributed by atoms with Gasteiger partial charge in [0.15, 0.2) is 0 Å². The molecule has 2 unspecified atom stereocenters. The fourth-order valence-corrected chi connectivity index (χ4v) is 6.37. The molecule has 2 atom stereocenters. The van der Waals surface area contributed by atoms with Gasteiger partial charge in [0.05, 0.1) is 25.3 Å². The Balaban J connectivity index is 1.30. The highest BCUT2D eigenvalue weighted by Crippen LogP contribution is 2.30. The van der Waals surface area contributed by atoms with Gasteiger partial charge < -0.3 is 29.7 Å². The molecule has 0 fully saturated rings. The van der Waals surface area contributed by atoms with Crippen LogP contribution >= 0.6 is 0 Å². The van der Waals surface area contributed by atoms with Gasteiger partial charge in [-0.1, -0.05) is 84.9 Å². The second-order valence-corrected chi connectivity index (χ2v) is 13.8. The van der Waals surface area contributed by atoms with Crippen molar-refractivity contribution in [3.63, 3.8) is 0 Å². The summed E-state index contributed by atoms with van der Waals surface area (Å²) in [6, 6.07) is 40.2. The van der Waals surface area contributed by atoms with Crippen molar-refractivity contribution in [2.24, 2.45) is 0 Å². The van der Waals surface area contributed by atoms with E-state index < -0.39 is 5.60 Å². The zero-order valence-corrected chi connectivity index (χ0v) is 30.5. The van der Waals surface area contributed by atoms with Crippen LogP contribution in [0.25, 0.3) is 21.8 Å². The van der Waals surface area contributed by atoms with Gasteiger partial charge in [0, 0.05) is 60.9 Å². The number of nitrogens with zero attached hydrogens (tertiary/aromatic N) is 3. The van der Waals surface area contributed by atoms with Crippen molar-refractivity contribution in [2.45, 2.75) is 38.2 Å². The lowest BCUT2D eigenvalue weighted by atomic mass is 9.95. The Morgan fingerprint density at radius 3 is 1.44 bits per heavy atom. The van der Waals surface area contributed by atoms with Crippen LogP contribution in [-0.4, -0.2) is 67.0 Å². The van der Waals surface area contributed by atoms with Crippen LogP contribution in [0.2, 0.25) is 0 Å². The number of hydrogen-bond acceptors (Lipinski definition) is 8. The number of nitrogens with one attached hydrogen (secondary N) is 2. The van der Waals surface area contributed by atoms with Gasteiger partial charge in [0.2, 0.25) is 0 Å². The van der Waals surface area contributed by atoms with Crippen LogP contribution in [0.1, 0.15) is 43.7 Å². The number of hydrogen-bond donors (Lipinski definition) is 2. The summed E-state index contributed by atoms with van der Waals surface area (Å²) in [6.07, 6.45) is -0.370. The van der Waals surface area contributed by atoms with Crippen LogP contribution in [0.15, 0.2) is 121 Å². The summed E-state index contributed by atoms with van der Waals surface area (Å²) < 4.78 is 17.5. The molecular weight excluding hydrogens is 651 g/mol. The molecule has 2 N–H and O–H groups in total. The Kier molecular flexibility index (Phi) is 11.4. The molecule has 2 heterocycles. The van der Waals surface area contributed by atoms with E-state index in [2.05, 4.69) is 34.9 Å². The van der Waals surface area contributed by atoms with Crippen molar-refractivity contribution in [1.29, 1.82) is 0 Å². The van der Waals surface area contributed by atoms with Gasteiger partial charge in [-0.15, -0.1) is 0 Å². The summed E-state index contributed by atoms with van der Waals surface area (Å²) in [5.74, 6) is 2.70. The summed E-state index contributed by atoms with van der Waals surface area (Å²) in [6.45, 7) is 7.54. The third-order valence-corrected chi connectivity index (χ3v) is 8.93. The number of benzene rings is 4. The third kappa shape index (κ3) is 9.09. The van der Waals surface area contributed by atoms with Gasteiger partial charge in [0.1, 0.15) is 28.7 Å². The fourth-order valence-electron chi connectivity index (χ4n) is 6.37. The number of anilines is 2. The van der Waals surface area contributed by atoms with Gasteiger partial charge >= 0.3 is 6.09 Å². The molecule has 52 heavy (non-hydrogen) atoms. The molecule has 0 aliphatic heterocycles. The average molecular weight is 698 g/mol. The van der Waals surface area contributed by atoms with Crippen LogP contribution in [0.4, 0.5) is 16.4 Å². The molecule has 0 radical (unpaired) electrons. The average Bonchev–Trinajstić information content (AvgIpc) is 3.16. The first-order valence-corrected chi connectivity index (χ1v) is 17.6. The number of carbonyl (C=O) groups excluding carboxylic acids is 1. The van der Waals surface area contributed by atoms with Crippen LogP contribution in [-0.2, 0) is 4.74 Å². The Hall–Kier alpha value is -5.83. The van der Waals surface area contributed by atoms with E-state index >= 15 is 0 Å². The predicted molar refractivity (Wildman–Crippen MR) is 210 cm³/mol. The second-order valence-electron chi connectivity index (χ2n) is 13.8. The molecule has 6 aromatic rings. The van der Waals surface area contributed by atoms with Crippen LogP contribution < -0.4 is 20.1 Å². The quantitative estimate of drug-likeness (QED) is 0.116. The zero-order valence-electron chi connectivity index (χ0n) is 30.5. The van der Waals surface area contributed by atoms with E-state index in [9.17, 15) is 4.79 Å². The predicted octanol–water partition coefficient (Wildman–Crippen LogP) is 9.13. The lowest BCUT2D eigenvalue weighted by Gasteiger charge is -2.33. The van der Waals surface area contributed by atoms with Crippen molar-refractivity contribution in [2.75, 3.05) is 51.0 Å². The van der Waals surface area contributed by atoms with Crippen molar-refractivity contribution in [3.05, 3.63) is 132 Å². The maximum absolute atomic E-state index is 14.1. The first kappa shape index (κ1) is 36.0. The molecule has 0 aliphatic rings. The molecule has 0 saturated carbocycles. The molecule has 4 aromatic carbocycles. The lowest BCUT2D eigenvalue weighted by molar-refractivity contribution is 0.0229. The van der Waals surface area contributed by atoms with Crippen LogP contribution in [0.3, 0.4) is 0 Å². The summed E-state index contributed by atoms with van der Waals surface area (Å²) in [5.41, 5.74) is 3.20. The van der Waals surface area contributed by atoms with E-state index in [1.807, 2.05) is 123 Å². The second kappa shape index (κ2) is 16.5. The number of rotatable bonds is 14. The van der Waals surface area contributed by atoms with Gasteiger partial charge in [-0.2, -0.15) is 0 Å². The molecule has 0 aliphatic carbocycles. The van der Waals surface area contributed by atoms with Crippen molar-refractivity contribution in [1.82, 2.24) is 14.9 Å². The normalized spacial score (nSPS) is 12.6.